The van der Waals surface area contributed by atoms with Gasteiger partial charge in [-0.1, -0.05) is 0 Å². The highest BCUT2D eigenvalue weighted by molar-refractivity contribution is 5.69. The summed E-state index contributed by atoms with van der Waals surface area (Å²) in [4.78, 5) is 9.83. The highest BCUT2D eigenvalue weighted by Gasteiger charge is 1.88. The van der Waals surface area contributed by atoms with Crippen LogP contribution in [0.1, 0.15) is 0 Å². The monoisotopic (exact) mass is 131 g/mol. The van der Waals surface area contributed by atoms with Gasteiger partial charge < -0.3 is 15.2 Å². The molecule has 2 N–H and O–H groups in total. The zero-order valence-corrected chi connectivity index (χ0v) is 5.13. The first-order valence-corrected chi connectivity index (χ1v) is 2.40. The van der Waals surface area contributed by atoms with Crippen LogP contribution in [0.3, 0.4) is 0 Å². The Hall–Kier alpha value is -1.19. The quantitative estimate of drug-likeness (QED) is 0.518. The van der Waals surface area contributed by atoms with Gasteiger partial charge in [-0.05, 0) is 0 Å². The van der Waals surface area contributed by atoms with Crippen molar-refractivity contribution in [3.05, 3.63) is 12.5 Å². The van der Waals surface area contributed by atoms with E-state index in [2.05, 4.69) is 10.1 Å². The van der Waals surface area contributed by atoms with E-state index in [0.717, 1.165) is 0 Å². The minimum atomic E-state index is -0.893. The number of carbonyl (C=O) groups is 1. The zero-order valence-electron chi connectivity index (χ0n) is 5.13. The smallest absolute Gasteiger partial charge is 0.322 e. The second-order valence-electron chi connectivity index (χ2n) is 1.31. The second kappa shape index (κ2) is 4.96. The molecule has 4 heteroatoms. The molecule has 0 aromatic rings. The summed E-state index contributed by atoms with van der Waals surface area (Å²) in [5.74, 6) is -0.893. The number of carboxylic acid groups (broad SMARTS) is 1. The zero-order chi connectivity index (χ0) is 7.11. The molecule has 0 saturated carbocycles. The molecule has 0 rings (SSSR count). The van der Waals surface area contributed by atoms with Crippen molar-refractivity contribution in [3.63, 3.8) is 0 Å². The summed E-state index contributed by atoms with van der Waals surface area (Å²) in [6.07, 6.45) is 2.79. The highest BCUT2D eigenvalue weighted by Crippen LogP contribution is 1.66. The lowest BCUT2D eigenvalue weighted by Gasteiger charge is -1.91. The van der Waals surface area contributed by atoms with Crippen molar-refractivity contribution in [3.8, 4) is 0 Å². The third-order valence-corrected chi connectivity index (χ3v) is 0.575. The lowest BCUT2D eigenvalue weighted by atomic mass is 10.6. The molecule has 0 aromatic carbocycles. The van der Waals surface area contributed by atoms with E-state index in [4.69, 9.17) is 5.11 Å². The topological polar surface area (TPSA) is 58.6 Å². The third-order valence-electron chi connectivity index (χ3n) is 0.575. The predicted octanol–water partition coefficient (Wildman–Crippen LogP) is -0.222. The molecule has 0 unspecified atom stereocenters. The first kappa shape index (κ1) is 7.81. The van der Waals surface area contributed by atoms with E-state index in [1.807, 2.05) is 0 Å². The Morgan fingerprint density at radius 3 is 3.00 bits per heavy atom. The Kier molecular flexibility index (Phi) is 4.30. The van der Waals surface area contributed by atoms with Crippen LogP contribution in [0.15, 0.2) is 12.5 Å². The first-order chi connectivity index (χ1) is 4.27. The molecule has 0 atom stereocenters. The van der Waals surface area contributed by atoms with Crippen molar-refractivity contribution in [2.75, 3.05) is 13.7 Å². The number of hydrogen-bond acceptors (Lipinski definition) is 3. The summed E-state index contributed by atoms with van der Waals surface area (Å²) in [5, 5.41) is 10.6. The third kappa shape index (κ3) is 6.81. The van der Waals surface area contributed by atoms with Gasteiger partial charge >= 0.3 is 5.97 Å². The summed E-state index contributed by atoms with van der Waals surface area (Å²) in [7, 11) is 1.49. The molecular weight excluding hydrogens is 122 g/mol. The summed E-state index contributed by atoms with van der Waals surface area (Å²) in [6, 6.07) is 0. The molecule has 9 heavy (non-hydrogen) atoms. The summed E-state index contributed by atoms with van der Waals surface area (Å²) >= 11 is 0. The Balaban J connectivity index is 3.09. The SMILES string of the molecule is CO/C=C/NCC(=O)O. The van der Waals surface area contributed by atoms with Gasteiger partial charge in [0.25, 0.3) is 0 Å². The van der Waals surface area contributed by atoms with Crippen LogP contribution in [0.25, 0.3) is 0 Å². The van der Waals surface area contributed by atoms with E-state index < -0.39 is 5.97 Å². The molecule has 0 aliphatic carbocycles. The van der Waals surface area contributed by atoms with Crippen molar-refractivity contribution in [1.82, 2.24) is 5.32 Å². The van der Waals surface area contributed by atoms with Crippen molar-refractivity contribution >= 4 is 5.97 Å². The maximum Gasteiger partial charge on any atom is 0.322 e. The van der Waals surface area contributed by atoms with Crippen LogP contribution >= 0.6 is 0 Å². The van der Waals surface area contributed by atoms with Gasteiger partial charge in [-0.15, -0.1) is 0 Å². The van der Waals surface area contributed by atoms with E-state index in [9.17, 15) is 4.79 Å². The number of methoxy groups -OCH3 is 1. The van der Waals surface area contributed by atoms with Crippen LogP contribution in [0.4, 0.5) is 0 Å². The summed E-state index contributed by atoms with van der Waals surface area (Å²) in [5.41, 5.74) is 0. The standard InChI is InChI=1S/C5H9NO3/c1-9-3-2-6-4-5(7)8/h2-3,6H,4H2,1H3,(H,7,8)/b3-2+. The molecule has 0 aliphatic heterocycles. The van der Waals surface area contributed by atoms with Crippen LogP contribution in [-0.4, -0.2) is 24.7 Å². The van der Waals surface area contributed by atoms with Crippen LogP contribution in [0.5, 0.6) is 0 Å². The molecule has 0 bridgehead atoms. The van der Waals surface area contributed by atoms with Gasteiger partial charge in [0.2, 0.25) is 0 Å². The lowest BCUT2D eigenvalue weighted by molar-refractivity contribution is -0.135. The molecule has 0 amide bonds. The molecule has 4 nitrogen and oxygen atoms in total. The van der Waals surface area contributed by atoms with Crippen molar-refractivity contribution in [2.45, 2.75) is 0 Å². The molecule has 52 valence electrons. The average Bonchev–Trinajstić information content (AvgIpc) is 1.80. The van der Waals surface area contributed by atoms with Crippen LogP contribution in [0.2, 0.25) is 0 Å². The fraction of sp³-hybridized carbons (Fsp3) is 0.400. The van der Waals surface area contributed by atoms with Gasteiger partial charge in [-0.3, -0.25) is 4.79 Å². The number of carboxylic acids is 1. The second-order valence-corrected chi connectivity index (χ2v) is 1.31. The minimum absolute atomic E-state index is 0.0835. The molecule has 0 aliphatic rings. The van der Waals surface area contributed by atoms with Gasteiger partial charge in [-0.25, -0.2) is 0 Å². The number of rotatable bonds is 4. The van der Waals surface area contributed by atoms with E-state index in [1.165, 1.54) is 19.6 Å². The van der Waals surface area contributed by atoms with E-state index >= 15 is 0 Å². The Morgan fingerprint density at radius 1 is 1.89 bits per heavy atom. The maximum absolute atomic E-state index is 9.83. The summed E-state index contributed by atoms with van der Waals surface area (Å²) < 4.78 is 4.49. The van der Waals surface area contributed by atoms with Crippen LogP contribution in [-0.2, 0) is 9.53 Å². The fourth-order valence-corrected chi connectivity index (χ4v) is 0.262. The van der Waals surface area contributed by atoms with Crippen LogP contribution in [0, 0.1) is 0 Å². The van der Waals surface area contributed by atoms with Crippen LogP contribution < -0.4 is 5.32 Å². The number of nitrogens with one attached hydrogen (secondary N) is 1. The number of hydrogen-bond donors (Lipinski definition) is 2. The van der Waals surface area contributed by atoms with Crippen molar-refractivity contribution < 1.29 is 14.6 Å². The first-order valence-electron chi connectivity index (χ1n) is 2.40. The molecule has 0 fully saturated rings. The molecule has 0 aromatic heterocycles. The largest absolute Gasteiger partial charge is 0.503 e. The number of aliphatic carboxylic acids is 1. The lowest BCUT2D eigenvalue weighted by Crippen LogP contribution is -2.16. The highest BCUT2D eigenvalue weighted by atomic mass is 16.5. The fourth-order valence-electron chi connectivity index (χ4n) is 0.262. The minimum Gasteiger partial charge on any atom is -0.503 e. The number of ether oxygens (including phenoxy) is 1. The van der Waals surface area contributed by atoms with E-state index in [0.29, 0.717) is 0 Å². The normalized spacial score (nSPS) is 9.44. The van der Waals surface area contributed by atoms with Gasteiger partial charge in [0.1, 0.15) is 6.54 Å². The van der Waals surface area contributed by atoms with E-state index in [-0.39, 0.29) is 6.54 Å². The molecule has 0 saturated heterocycles. The molecular formula is C5H9NO3. The van der Waals surface area contributed by atoms with Crippen molar-refractivity contribution in [1.29, 1.82) is 0 Å². The van der Waals surface area contributed by atoms with Crippen molar-refractivity contribution in [2.24, 2.45) is 0 Å². The Morgan fingerprint density at radius 2 is 2.56 bits per heavy atom. The predicted molar refractivity (Wildman–Crippen MR) is 31.8 cm³/mol. The van der Waals surface area contributed by atoms with Gasteiger partial charge in [0.15, 0.2) is 0 Å². The molecule has 0 radical (unpaired) electrons. The van der Waals surface area contributed by atoms with Gasteiger partial charge in [0.05, 0.1) is 13.4 Å². The average molecular weight is 131 g/mol. The Labute approximate surface area is 53.1 Å². The van der Waals surface area contributed by atoms with E-state index in [1.54, 1.807) is 0 Å². The van der Waals surface area contributed by atoms with Gasteiger partial charge in [0, 0.05) is 6.20 Å². The van der Waals surface area contributed by atoms with Gasteiger partial charge in [-0.2, -0.15) is 0 Å². The molecule has 0 heterocycles. The molecule has 0 spiro atoms. The maximum atomic E-state index is 9.83. The Bertz CT molecular complexity index is 111. The summed E-state index contributed by atoms with van der Waals surface area (Å²) in [6.45, 7) is -0.0835.